The van der Waals surface area contributed by atoms with E-state index in [9.17, 15) is 9.18 Å². The number of hydrogen-bond donors (Lipinski definition) is 1. The number of aromatic nitrogens is 4. The second-order valence-electron chi connectivity index (χ2n) is 7.83. The maximum absolute atomic E-state index is 13.2. The van der Waals surface area contributed by atoms with Gasteiger partial charge < -0.3 is 5.32 Å². The lowest BCUT2D eigenvalue weighted by Crippen LogP contribution is -2.39. The third kappa shape index (κ3) is 4.53. The van der Waals surface area contributed by atoms with Crippen LogP contribution in [0.2, 0.25) is 5.02 Å². The molecule has 9 heteroatoms. The molecule has 0 saturated carbocycles. The van der Waals surface area contributed by atoms with Crippen LogP contribution in [0.5, 0.6) is 0 Å². The maximum Gasteiger partial charge on any atom is 0.251 e. The molecule has 0 saturated heterocycles. The molecule has 0 bridgehead atoms. The van der Waals surface area contributed by atoms with E-state index < -0.39 is 0 Å². The van der Waals surface area contributed by atoms with Crippen LogP contribution in [0.4, 0.5) is 10.3 Å². The number of tetrazole rings is 1. The smallest absolute Gasteiger partial charge is 0.251 e. The number of carbonyl (C=O) groups is 1. The number of nitrogens with one attached hydrogen (secondary N) is 1. The molecule has 0 spiro atoms. The molecule has 0 aliphatic carbocycles. The number of hydrogen-bond acceptors (Lipinski definition) is 5. The minimum absolute atomic E-state index is 0.00244. The van der Waals surface area contributed by atoms with Crippen LogP contribution in [0.25, 0.3) is 5.70 Å². The van der Waals surface area contributed by atoms with Gasteiger partial charge in [-0.15, -0.1) is 0 Å². The van der Waals surface area contributed by atoms with Gasteiger partial charge in [0, 0.05) is 11.6 Å². The Morgan fingerprint density at radius 2 is 1.74 bits per heavy atom. The Bertz CT molecular complexity index is 1320. The molecule has 5 rings (SSSR count). The summed E-state index contributed by atoms with van der Waals surface area (Å²) in [6.45, 7) is 0.280. The Kier molecular flexibility index (Phi) is 6.05. The molecule has 4 aromatic rings. The fourth-order valence-corrected chi connectivity index (χ4v) is 4.01. The van der Waals surface area contributed by atoms with E-state index in [2.05, 4.69) is 20.8 Å². The Labute approximate surface area is 200 Å². The van der Waals surface area contributed by atoms with Crippen LogP contribution in [0, 0.1) is 5.82 Å². The molecular formula is C25H20ClFN6O. The van der Waals surface area contributed by atoms with Crippen molar-refractivity contribution in [3.8, 4) is 0 Å². The summed E-state index contributed by atoms with van der Waals surface area (Å²) in [5.74, 6) is -0.0870. The van der Waals surface area contributed by atoms with Gasteiger partial charge in [-0.1, -0.05) is 71.3 Å². The zero-order chi connectivity index (χ0) is 23.5. The molecule has 3 aromatic carbocycles. The van der Waals surface area contributed by atoms with Crippen LogP contribution in [-0.2, 0) is 11.3 Å². The molecule has 1 aliphatic heterocycles. The Morgan fingerprint density at radius 3 is 2.47 bits per heavy atom. The molecule has 1 amide bonds. The number of rotatable bonds is 6. The zero-order valence-electron chi connectivity index (χ0n) is 18.0. The second kappa shape index (κ2) is 9.44. The standard InChI is InChI=1S/C25H20ClFN6O/c26-20-10-8-19(9-11-20)22-14-23(18-4-2-1-3-5-18)33-25(29-30-31-33)32(22)16-24(34)28-15-17-6-12-21(27)13-7-17/h1-14,23H,15-16H2,(H,28,34)/t23-/m0/s1. The van der Waals surface area contributed by atoms with Crippen molar-refractivity contribution in [3.63, 3.8) is 0 Å². The van der Waals surface area contributed by atoms with Crippen molar-refractivity contribution in [2.75, 3.05) is 11.4 Å². The molecule has 1 aliphatic rings. The molecule has 0 fully saturated rings. The minimum atomic E-state index is -0.319. The van der Waals surface area contributed by atoms with Gasteiger partial charge in [-0.3, -0.25) is 9.69 Å². The normalized spacial score (nSPS) is 14.9. The first-order chi connectivity index (χ1) is 16.6. The van der Waals surface area contributed by atoms with E-state index in [4.69, 9.17) is 11.6 Å². The summed E-state index contributed by atoms with van der Waals surface area (Å²) < 4.78 is 14.9. The third-order valence-electron chi connectivity index (χ3n) is 5.57. The third-order valence-corrected chi connectivity index (χ3v) is 5.82. The fraction of sp³-hybridized carbons (Fsp3) is 0.120. The number of nitrogens with zero attached hydrogens (tertiary/aromatic N) is 5. The number of halogens is 2. The van der Waals surface area contributed by atoms with Gasteiger partial charge in [-0.05, 0) is 57.5 Å². The summed E-state index contributed by atoms with van der Waals surface area (Å²) in [7, 11) is 0. The van der Waals surface area contributed by atoms with Crippen molar-refractivity contribution >= 4 is 29.2 Å². The summed E-state index contributed by atoms with van der Waals surface area (Å²) in [6.07, 6.45) is 2.04. The van der Waals surface area contributed by atoms with E-state index in [0.29, 0.717) is 11.0 Å². The largest absolute Gasteiger partial charge is 0.350 e. The number of anilines is 1. The van der Waals surface area contributed by atoms with Gasteiger partial charge in [-0.25, -0.2) is 4.39 Å². The number of amides is 1. The highest BCUT2D eigenvalue weighted by atomic mass is 35.5. The molecular weight excluding hydrogens is 455 g/mol. The van der Waals surface area contributed by atoms with Crippen molar-refractivity contribution in [1.82, 2.24) is 25.5 Å². The molecule has 7 nitrogen and oxygen atoms in total. The van der Waals surface area contributed by atoms with Gasteiger partial charge in [0.1, 0.15) is 18.4 Å². The number of benzene rings is 3. The quantitative estimate of drug-likeness (QED) is 0.452. The van der Waals surface area contributed by atoms with Crippen molar-refractivity contribution in [2.45, 2.75) is 12.6 Å². The first-order valence-corrected chi connectivity index (χ1v) is 11.1. The van der Waals surface area contributed by atoms with E-state index in [1.54, 1.807) is 33.8 Å². The number of allylic oxidation sites excluding steroid dienone is 1. The summed E-state index contributed by atoms with van der Waals surface area (Å²) in [5, 5.41) is 15.8. The van der Waals surface area contributed by atoms with Crippen LogP contribution >= 0.6 is 11.6 Å². The van der Waals surface area contributed by atoms with Gasteiger partial charge in [0.2, 0.25) is 5.91 Å². The van der Waals surface area contributed by atoms with E-state index in [0.717, 1.165) is 22.4 Å². The van der Waals surface area contributed by atoms with Gasteiger partial charge in [-0.2, -0.15) is 4.68 Å². The van der Waals surface area contributed by atoms with Gasteiger partial charge in [0.15, 0.2) is 0 Å². The first-order valence-electron chi connectivity index (χ1n) is 10.7. The van der Waals surface area contributed by atoms with Gasteiger partial charge in [0.05, 0.1) is 5.70 Å². The minimum Gasteiger partial charge on any atom is -0.350 e. The van der Waals surface area contributed by atoms with Crippen molar-refractivity contribution in [2.24, 2.45) is 0 Å². The number of carbonyl (C=O) groups excluding carboxylic acids is 1. The predicted octanol–water partition coefficient (Wildman–Crippen LogP) is 4.23. The molecule has 1 N–H and O–H groups in total. The zero-order valence-corrected chi connectivity index (χ0v) is 18.7. The van der Waals surface area contributed by atoms with Crippen molar-refractivity contribution < 1.29 is 9.18 Å². The van der Waals surface area contributed by atoms with Crippen LogP contribution in [0.1, 0.15) is 22.7 Å². The van der Waals surface area contributed by atoms with Crippen LogP contribution < -0.4 is 10.2 Å². The molecule has 34 heavy (non-hydrogen) atoms. The average molecular weight is 475 g/mol. The molecule has 0 unspecified atom stereocenters. The average Bonchev–Trinajstić information content (AvgIpc) is 3.35. The summed E-state index contributed by atoms with van der Waals surface area (Å²) in [6, 6.07) is 23.1. The van der Waals surface area contributed by atoms with Crippen LogP contribution in [0.15, 0.2) is 84.9 Å². The van der Waals surface area contributed by atoms with Gasteiger partial charge >= 0.3 is 0 Å². The Hall–Kier alpha value is -4.04. The maximum atomic E-state index is 13.2. The SMILES string of the molecule is O=C(CN1C(c2ccc(Cl)cc2)=C[C@@H](c2ccccc2)n2nnnc21)NCc1ccc(F)cc1. The molecule has 2 heterocycles. The Morgan fingerprint density at radius 1 is 1.00 bits per heavy atom. The molecule has 0 radical (unpaired) electrons. The summed E-state index contributed by atoms with van der Waals surface area (Å²) >= 11 is 6.11. The second-order valence-corrected chi connectivity index (χ2v) is 8.26. The van der Waals surface area contributed by atoms with Crippen LogP contribution in [0.3, 0.4) is 0 Å². The highest BCUT2D eigenvalue weighted by Gasteiger charge is 2.31. The van der Waals surface area contributed by atoms with E-state index in [-0.39, 0.29) is 30.9 Å². The van der Waals surface area contributed by atoms with Crippen molar-refractivity contribution in [3.05, 3.63) is 112 Å². The molecule has 1 aromatic heterocycles. The molecule has 170 valence electrons. The first kappa shape index (κ1) is 21.8. The van der Waals surface area contributed by atoms with Gasteiger partial charge in [0.25, 0.3) is 5.95 Å². The summed E-state index contributed by atoms with van der Waals surface area (Å²) in [4.78, 5) is 14.7. The highest BCUT2D eigenvalue weighted by Crippen LogP contribution is 2.36. The topological polar surface area (TPSA) is 75.9 Å². The highest BCUT2D eigenvalue weighted by molar-refractivity contribution is 6.30. The lowest BCUT2D eigenvalue weighted by atomic mass is 10.0. The van der Waals surface area contributed by atoms with E-state index in [1.165, 1.54) is 12.1 Å². The predicted molar refractivity (Wildman–Crippen MR) is 127 cm³/mol. The number of fused-ring (bicyclic) bond motifs is 1. The summed E-state index contributed by atoms with van der Waals surface area (Å²) in [5.41, 5.74) is 3.49. The van der Waals surface area contributed by atoms with E-state index >= 15 is 0 Å². The lowest BCUT2D eigenvalue weighted by molar-refractivity contribution is -0.119. The monoisotopic (exact) mass is 474 g/mol. The fourth-order valence-electron chi connectivity index (χ4n) is 3.88. The van der Waals surface area contributed by atoms with Crippen molar-refractivity contribution in [1.29, 1.82) is 0 Å². The van der Waals surface area contributed by atoms with Crippen LogP contribution in [-0.4, -0.2) is 32.7 Å². The Balaban J connectivity index is 1.46. The lowest BCUT2D eigenvalue weighted by Gasteiger charge is -2.32. The van der Waals surface area contributed by atoms with E-state index in [1.807, 2.05) is 48.5 Å². The molecule has 1 atom stereocenters.